The first-order valence-electron chi connectivity index (χ1n) is 6.73. The predicted molar refractivity (Wildman–Crippen MR) is 70.9 cm³/mol. The molecular formula is C14H22N2O2. The van der Waals surface area contributed by atoms with Crippen molar-refractivity contribution in [2.24, 2.45) is 5.73 Å². The SMILES string of the molecule is CCCOc1cccnc1OCC1(N)CCCC1. The zero-order valence-corrected chi connectivity index (χ0v) is 11.0. The highest BCUT2D eigenvalue weighted by Crippen LogP contribution is 2.30. The van der Waals surface area contributed by atoms with Crippen LogP contribution in [0.3, 0.4) is 0 Å². The maximum absolute atomic E-state index is 6.26. The van der Waals surface area contributed by atoms with Crippen molar-refractivity contribution >= 4 is 0 Å². The highest BCUT2D eigenvalue weighted by Gasteiger charge is 2.30. The van der Waals surface area contributed by atoms with Gasteiger partial charge in [0.2, 0.25) is 0 Å². The fourth-order valence-electron chi connectivity index (χ4n) is 2.24. The van der Waals surface area contributed by atoms with Crippen LogP contribution in [0.15, 0.2) is 18.3 Å². The first-order valence-corrected chi connectivity index (χ1v) is 6.73. The Labute approximate surface area is 108 Å². The lowest BCUT2D eigenvalue weighted by Gasteiger charge is -2.23. The standard InChI is InChI=1S/C14H22N2O2/c1-2-10-17-12-6-5-9-16-13(12)18-11-14(15)7-3-4-8-14/h5-6,9H,2-4,7-8,10-11,15H2,1H3. The van der Waals surface area contributed by atoms with Crippen LogP contribution >= 0.6 is 0 Å². The molecule has 4 heteroatoms. The van der Waals surface area contributed by atoms with Gasteiger partial charge >= 0.3 is 0 Å². The summed E-state index contributed by atoms with van der Waals surface area (Å²) in [4.78, 5) is 4.22. The third-order valence-corrected chi connectivity index (χ3v) is 3.29. The Morgan fingerprint density at radius 2 is 2.11 bits per heavy atom. The average molecular weight is 250 g/mol. The molecular weight excluding hydrogens is 228 g/mol. The molecule has 1 aromatic heterocycles. The van der Waals surface area contributed by atoms with Gasteiger partial charge in [0.15, 0.2) is 5.75 Å². The second-order valence-corrected chi connectivity index (χ2v) is 5.01. The summed E-state index contributed by atoms with van der Waals surface area (Å²) < 4.78 is 11.4. The Morgan fingerprint density at radius 3 is 2.83 bits per heavy atom. The molecule has 0 amide bonds. The molecule has 0 unspecified atom stereocenters. The van der Waals surface area contributed by atoms with Gasteiger partial charge in [-0.2, -0.15) is 0 Å². The zero-order valence-electron chi connectivity index (χ0n) is 11.0. The van der Waals surface area contributed by atoms with E-state index in [9.17, 15) is 0 Å². The van der Waals surface area contributed by atoms with E-state index in [2.05, 4.69) is 11.9 Å². The van der Waals surface area contributed by atoms with Crippen LogP contribution < -0.4 is 15.2 Å². The van der Waals surface area contributed by atoms with Crippen molar-refractivity contribution in [1.82, 2.24) is 4.98 Å². The van der Waals surface area contributed by atoms with Crippen molar-refractivity contribution in [2.75, 3.05) is 13.2 Å². The second kappa shape index (κ2) is 6.05. The van der Waals surface area contributed by atoms with Crippen molar-refractivity contribution in [3.63, 3.8) is 0 Å². The highest BCUT2D eigenvalue weighted by molar-refractivity contribution is 5.32. The monoisotopic (exact) mass is 250 g/mol. The lowest BCUT2D eigenvalue weighted by atomic mass is 10.0. The molecule has 18 heavy (non-hydrogen) atoms. The first kappa shape index (κ1) is 13.1. The van der Waals surface area contributed by atoms with Crippen molar-refractivity contribution in [3.05, 3.63) is 18.3 Å². The molecule has 1 saturated carbocycles. The molecule has 2 N–H and O–H groups in total. The van der Waals surface area contributed by atoms with Gasteiger partial charge in [0.1, 0.15) is 6.61 Å². The van der Waals surface area contributed by atoms with Gasteiger partial charge in [0.05, 0.1) is 12.1 Å². The summed E-state index contributed by atoms with van der Waals surface area (Å²) >= 11 is 0. The Morgan fingerprint density at radius 1 is 1.33 bits per heavy atom. The minimum Gasteiger partial charge on any atom is -0.488 e. The molecule has 0 atom stereocenters. The van der Waals surface area contributed by atoms with Crippen molar-refractivity contribution in [3.8, 4) is 11.6 Å². The normalized spacial score (nSPS) is 17.7. The fraction of sp³-hybridized carbons (Fsp3) is 0.643. The molecule has 1 aliphatic carbocycles. The molecule has 2 rings (SSSR count). The van der Waals surface area contributed by atoms with E-state index >= 15 is 0 Å². The van der Waals surface area contributed by atoms with Crippen LogP contribution in [0.2, 0.25) is 0 Å². The molecule has 0 aliphatic heterocycles. The zero-order chi connectivity index (χ0) is 12.8. The van der Waals surface area contributed by atoms with Crippen molar-refractivity contribution in [2.45, 2.75) is 44.6 Å². The second-order valence-electron chi connectivity index (χ2n) is 5.01. The van der Waals surface area contributed by atoms with Crippen LogP contribution in [0.25, 0.3) is 0 Å². The third-order valence-electron chi connectivity index (χ3n) is 3.29. The lowest BCUT2D eigenvalue weighted by Crippen LogP contribution is -2.42. The van der Waals surface area contributed by atoms with Gasteiger partial charge in [-0.3, -0.25) is 0 Å². The highest BCUT2D eigenvalue weighted by atomic mass is 16.5. The van der Waals surface area contributed by atoms with E-state index in [0.717, 1.165) is 19.3 Å². The molecule has 0 radical (unpaired) electrons. The number of pyridine rings is 1. The third kappa shape index (κ3) is 3.35. The smallest absolute Gasteiger partial charge is 0.257 e. The lowest BCUT2D eigenvalue weighted by molar-refractivity contribution is 0.199. The molecule has 0 saturated heterocycles. The summed E-state index contributed by atoms with van der Waals surface area (Å²) in [7, 11) is 0. The van der Waals surface area contributed by atoms with Gasteiger partial charge in [-0.05, 0) is 31.4 Å². The Bertz CT molecular complexity index is 376. The quantitative estimate of drug-likeness (QED) is 0.843. The average Bonchev–Trinajstić information content (AvgIpc) is 2.82. The number of nitrogens with two attached hydrogens (primary N) is 1. The van der Waals surface area contributed by atoms with E-state index in [1.165, 1.54) is 12.8 Å². The van der Waals surface area contributed by atoms with E-state index < -0.39 is 0 Å². The Balaban J connectivity index is 1.95. The molecule has 1 aromatic rings. The molecule has 0 aromatic carbocycles. The number of aromatic nitrogens is 1. The fourth-order valence-corrected chi connectivity index (χ4v) is 2.24. The van der Waals surface area contributed by atoms with E-state index in [-0.39, 0.29) is 5.54 Å². The van der Waals surface area contributed by atoms with E-state index in [0.29, 0.717) is 24.8 Å². The number of hydrogen-bond donors (Lipinski definition) is 1. The molecule has 1 heterocycles. The largest absolute Gasteiger partial charge is 0.488 e. The van der Waals surface area contributed by atoms with Gasteiger partial charge in [-0.1, -0.05) is 19.8 Å². The molecule has 1 fully saturated rings. The van der Waals surface area contributed by atoms with E-state index in [1.54, 1.807) is 6.20 Å². The summed E-state index contributed by atoms with van der Waals surface area (Å²) in [6, 6.07) is 3.74. The first-order chi connectivity index (χ1) is 8.73. The molecule has 0 bridgehead atoms. The maximum atomic E-state index is 6.26. The molecule has 0 spiro atoms. The van der Waals surface area contributed by atoms with Crippen LogP contribution in [0, 0.1) is 0 Å². The Kier molecular flexibility index (Phi) is 4.42. The van der Waals surface area contributed by atoms with Crippen molar-refractivity contribution in [1.29, 1.82) is 0 Å². The Hall–Kier alpha value is -1.29. The van der Waals surface area contributed by atoms with E-state index in [1.807, 2.05) is 12.1 Å². The molecule has 4 nitrogen and oxygen atoms in total. The van der Waals surface area contributed by atoms with Gasteiger partial charge in [0, 0.05) is 6.20 Å². The predicted octanol–water partition coefficient (Wildman–Crippen LogP) is 2.52. The van der Waals surface area contributed by atoms with Crippen LogP contribution in [0.5, 0.6) is 11.6 Å². The summed E-state index contributed by atoms with van der Waals surface area (Å²) in [5.41, 5.74) is 6.08. The minimum absolute atomic E-state index is 0.181. The maximum Gasteiger partial charge on any atom is 0.257 e. The van der Waals surface area contributed by atoms with Gasteiger partial charge < -0.3 is 15.2 Å². The molecule has 1 aliphatic rings. The van der Waals surface area contributed by atoms with Gasteiger partial charge in [-0.25, -0.2) is 4.98 Å². The summed E-state index contributed by atoms with van der Waals surface area (Å²) in [6.07, 6.45) is 7.14. The number of nitrogens with zero attached hydrogens (tertiary/aromatic N) is 1. The minimum atomic E-state index is -0.181. The summed E-state index contributed by atoms with van der Waals surface area (Å²) in [5.74, 6) is 1.27. The van der Waals surface area contributed by atoms with Gasteiger partial charge in [0.25, 0.3) is 5.88 Å². The molecule has 100 valence electrons. The summed E-state index contributed by atoms with van der Waals surface area (Å²) in [5, 5.41) is 0. The van der Waals surface area contributed by atoms with Gasteiger partial charge in [-0.15, -0.1) is 0 Å². The van der Waals surface area contributed by atoms with E-state index in [4.69, 9.17) is 15.2 Å². The summed E-state index contributed by atoms with van der Waals surface area (Å²) in [6.45, 7) is 3.27. The van der Waals surface area contributed by atoms with Crippen LogP contribution in [-0.4, -0.2) is 23.7 Å². The van der Waals surface area contributed by atoms with Crippen molar-refractivity contribution < 1.29 is 9.47 Å². The number of hydrogen-bond acceptors (Lipinski definition) is 4. The number of rotatable bonds is 6. The van der Waals surface area contributed by atoms with Crippen LogP contribution in [0.4, 0.5) is 0 Å². The van der Waals surface area contributed by atoms with Crippen LogP contribution in [-0.2, 0) is 0 Å². The topological polar surface area (TPSA) is 57.4 Å². The van der Waals surface area contributed by atoms with Crippen LogP contribution in [0.1, 0.15) is 39.0 Å². The number of ether oxygens (including phenoxy) is 2.